The van der Waals surface area contributed by atoms with E-state index < -0.39 is 25.2 Å². The van der Waals surface area contributed by atoms with Crippen molar-refractivity contribution in [3.05, 3.63) is 0 Å². The molecule has 2 nitrogen and oxygen atoms in total. The van der Waals surface area contributed by atoms with Crippen LogP contribution in [0.1, 0.15) is 12.8 Å². The lowest BCUT2D eigenvalue weighted by Crippen LogP contribution is -2.14. The minimum atomic E-state index is -4.07. The Morgan fingerprint density at radius 2 is 0.857 bits per heavy atom. The molecule has 0 aromatic heterocycles. The van der Waals surface area contributed by atoms with E-state index in [2.05, 4.69) is 11.5 Å². The zero-order chi connectivity index (χ0) is 11.8. The van der Waals surface area contributed by atoms with Gasteiger partial charge in [0.15, 0.2) is 0 Å². The van der Waals surface area contributed by atoms with Gasteiger partial charge in [0.1, 0.15) is 0 Å². The lowest BCUT2D eigenvalue weighted by atomic mass is 10.4. The molecule has 0 aliphatic rings. The zero-order valence-electron chi connectivity index (χ0n) is 7.25. The zero-order valence-corrected chi connectivity index (χ0v) is 7.25. The first kappa shape index (κ1) is 15.9. The van der Waals surface area contributed by atoms with Crippen LogP contribution in [0.2, 0.25) is 0 Å². The summed E-state index contributed by atoms with van der Waals surface area (Å²) in [6.07, 6.45) is -9.91. The topological polar surface area (TPSA) is 52.0 Å². The highest BCUT2D eigenvalue weighted by molar-refractivity contribution is 4.48. The molecule has 0 rings (SSSR count). The predicted octanol–water partition coefficient (Wildman–Crippen LogP) is 1.80. The van der Waals surface area contributed by atoms with Crippen LogP contribution in [0, 0.1) is 0 Å². The third kappa shape index (κ3) is 22.5. The van der Waals surface area contributed by atoms with Crippen LogP contribution in [0.3, 0.4) is 0 Å². The van der Waals surface area contributed by atoms with Gasteiger partial charge < -0.3 is 11.5 Å². The molecule has 0 atom stereocenters. The van der Waals surface area contributed by atoms with Crippen LogP contribution in [0.5, 0.6) is 0 Å². The molecular weight excluding hydrogens is 214 g/mol. The van der Waals surface area contributed by atoms with Gasteiger partial charge in [-0.25, -0.2) is 0 Å². The highest BCUT2D eigenvalue weighted by Gasteiger charge is 2.25. The second-order valence-corrected chi connectivity index (χ2v) is 2.31. The van der Waals surface area contributed by atoms with Crippen LogP contribution >= 0.6 is 0 Å². The molecular formula is C6H12F6N2. The normalized spacial score (nSPS) is 12.0. The van der Waals surface area contributed by atoms with Crippen molar-refractivity contribution >= 4 is 0 Å². The van der Waals surface area contributed by atoms with E-state index in [1.165, 1.54) is 0 Å². The monoisotopic (exact) mass is 226 g/mol. The van der Waals surface area contributed by atoms with Crippen molar-refractivity contribution in [2.45, 2.75) is 25.2 Å². The van der Waals surface area contributed by atoms with Crippen LogP contribution in [0.4, 0.5) is 26.3 Å². The fraction of sp³-hybridized carbons (Fsp3) is 1.00. The van der Waals surface area contributed by atoms with Crippen molar-refractivity contribution in [3.63, 3.8) is 0 Å². The quantitative estimate of drug-likeness (QED) is 0.705. The van der Waals surface area contributed by atoms with Gasteiger partial charge in [-0.2, -0.15) is 26.3 Å². The Balaban J connectivity index is 0. The molecule has 0 unspecified atom stereocenters. The van der Waals surface area contributed by atoms with Crippen LogP contribution in [0.25, 0.3) is 0 Å². The highest BCUT2D eigenvalue weighted by atomic mass is 19.4. The van der Waals surface area contributed by atoms with Gasteiger partial charge in [0.05, 0.1) is 12.8 Å². The molecule has 0 aliphatic carbocycles. The van der Waals surface area contributed by atoms with E-state index in [9.17, 15) is 26.3 Å². The van der Waals surface area contributed by atoms with E-state index >= 15 is 0 Å². The smallest absolute Gasteiger partial charge is 0.330 e. The summed E-state index contributed by atoms with van der Waals surface area (Å²) < 4.78 is 65.9. The van der Waals surface area contributed by atoms with Crippen molar-refractivity contribution in [2.24, 2.45) is 11.5 Å². The van der Waals surface area contributed by atoms with E-state index in [1.54, 1.807) is 0 Å². The molecule has 0 saturated carbocycles. The van der Waals surface area contributed by atoms with E-state index in [0.29, 0.717) is 0 Å². The maximum Gasteiger partial charge on any atom is 0.390 e. The molecule has 14 heavy (non-hydrogen) atoms. The summed E-state index contributed by atoms with van der Waals surface area (Å²) in [5.74, 6) is 0. The average Bonchev–Trinajstić information content (AvgIpc) is 1.81. The number of alkyl halides is 6. The first-order valence-electron chi connectivity index (χ1n) is 3.66. The Morgan fingerprint density at radius 3 is 0.857 bits per heavy atom. The summed E-state index contributed by atoms with van der Waals surface area (Å²) in [6, 6.07) is 0. The molecule has 0 radical (unpaired) electrons. The summed E-state index contributed by atoms with van der Waals surface area (Å²) in [6.45, 7) is -0.632. The molecule has 0 bridgehead atoms. The second kappa shape index (κ2) is 6.88. The Morgan fingerprint density at radius 1 is 0.643 bits per heavy atom. The maximum absolute atomic E-state index is 11.0. The number of hydrogen-bond acceptors (Lipinski definition) is 2. The molecule has 0 aromatic carbocycles. The van der Waals surface area contributed by atoms with Gasteiger partial charge in [0.2, 0.25) is 0 Å². The third-order valence-electron chi connectivity index (χ3n) is 0.856. The van der Waals surface area contributed by atoms with Crippen molar-refractivity contribution < 1.29 is 26.3 Å². The molecule has 0 fully saturated rings. The number of halogens is 6. The lowest BCUT2D eigenvalue weighted by molar-refractivity contribution is -0.133. The molecule has 8 heteroatoms. The Hall–Kier alpha value is -0.500. The minimum Gasteiger partial charge on any atom is -0.330 e. The summed E-state index contributed by atoms with van der Waals surface area (Å²) >= 11 is 0. The van der Waals surface area contributed by atoms with Crippen molar-refractivity contribution in [1.82, 2.24) is 0 Å². The first-order valence-corrected chi connectivity index (χ1v) is 3.66. The van der Waals surface area contributed by atoms with E-state index in [-0.39, 0.29) is 13.1 Å². The number of nitrogens with two attached hydrogens (primary N) is 2. The van der Waals surface area contributed by atoms with Gasteiger partial charge in [0.25, 0.3) is 0 Å². The lowest BCUT2D eigenvalue weighted by Gasteiger charge is -2.00. The average molecular weight is 226 g/mol. The molecule has 88 valence electrons. The minimum absolute atomic E-state index is 0.316. The van der Waals surface area contributed by atoms with Gasteiger partial charge in [-0.3, -0.25) is 0 Å². The van der Waals surface area contributed by atoms with E-state index in [4.69, 9.17) is 0 Å². The van der Waals surface area contributed by atoms with Gasteiger partial charge in [-0.15, -0.1) is 0 Å². The fourth-order valence-corrected chi connectivity index (χ4v) is 0.327. The fourth-order valence-electron chi connectivity index (χ4n) is 0.327. The maximum atomic E-state index is 11.0. The van der Waals surface area contributed by atoms with Crippen LogP contribution in [0.15, 0.2) is 0 Å². The van der Waals surface area contributed by atoms with Crippen molar-refractivity contribution in [3.8, 4) is 0 Å². The Bertz CT molecular complexity index is 113. The standard InChI is InChI=1S/2C3H6F3N/c2*4-3(5,6)1-2-7/h2*1-2,7H2. The summed E-state index contributed by atoms with van der Waals surface area (Å²) in [5, 5.41) is 0. The van der Waals surface area contributed by atoms with Crippen LogP contribution in [-0.2, 0) is 0 Å². The Kier molecular flexibility index (Phi) is 7.84. The first-order chi connectivity index (χ1) is 6.12. The van der Waals surface area contributed by atoms with Crippen LogP contribution < -0.4 is 11.5 Å². The SMILES string of the molecule is NCCC(F)(F)F.NCCC(F)(F)F. The third-order valence-corrected chi connectivity index (χ3v) is 0.856. The largest absolute Gasteiger partial charge is 0.390 e. The summed E-state index contributed by atoms with van der Waals surface area (Å²) in [5.41, 5.74) is 9.19. The molecule has 4 N–H and O–H groups in total. The Labute approximate surface area is 77.2 Å². The summed E-state index contributed by atoms with van der Waals surface area (Å²) in [7, 11) is 0. The summed E-state index contributed by atoms with van der Waals surface area (Å²) in [4.78, 5) is 0. The predicted molar refractivity (Wildman–Crippen MR) is 39.5 cm³/mol. The molecule has 0 aromatic rings. The molecule has 0 spiro atoms. The van der Waals surface area contributed by atoms with Gasteiger partial charge in [-0.1, -0.05) is 0 Å². The van der Waals surface area contributed by atoms with E-state index in [0.717, 1.165) is 0 Å². The van der Waals surface area contributed by atoms with Crippen molar-refractivity contribution in [2.75, 3.05) is 13.1 Å². The van der Waals surface area contributed by atoms with Gasteiger partial charge >= 0.3 is 12.4 Å². The van der Waals surface area contributed by atoms with Crippen LogP contribution in [-0.4, -0.2) is 25.4 Å². The van der Waals surface area contributed by atoms with Gasteiger partial charge in [0, 0.05) is 13.1 Å². The van der Waals surface area contributed by atoms with Crippen molar-refractivity contribution in [1.29, 1.82) is 0 Å². The molecule has 0 amide bonds. The number of hydrogen-bond donors (Lipinski definition) is 2. The molecule has 0 saturated heterocycles. The number of rotatable bonds is 2. The molecule has 0 aliphatic heterocycles. The molecule has 0 heterocycles. The van der Waals surface area contributed by atoms with E-state index in [1.807, 2.05) is 0 Å². The second-order valence-electron chi connectivity index (χ2n) is 2.31. The van der Waals surface area contributed by atoms with Gasteiger partial charge in [-0.05, 0) is 0 Å². The highest BCUT2D eigenvalue weighted by Crippen LogP contribution is 2.17.